The molecule has 2 aromatic carbocycles. The number of nitrogens with zero attached hydrogens (tertiary/aromatic N) is 2. The maximum absolute atomic E-state index is 13.0. The van der Waals surface area contributed by atoms with Crippen LogP contribution in [0.15, 0.2) is 42.5 Å². The molecule has 0 unspecified atom stereocenters. The summed E-state index contributed by atoms with van der Waals surface area (Å²) in [6.07, 6.45) is 0.818. The van der Waals surface area contributed by atoms with Crippen LogP contribution in [0.25, 0.3) is 0 Å². The summed E-state index contributed by atoms with van der Waals surface area (Å²) in [6.45, 7) is 3.72. The summed E-state index contributed by atoms with van der Waals surface area (Å²) < 4.78 is 16.1. The van der Waals surface area contributed by atoms with Crippen molar-refractivity contribution in [1.82, 2.24) is 9.80 Å². The topological polar surface area (TPSA) is 51.2 Å². The van der Waals surface area contributed by atoms with Crippen LogP contribution in [-0.4, -0.2) is 63.3 Å². The van der Waals surface area contributed by atoms with Gasteiger partial charge in [-0.05, 0) is 35.2 Å². The van der Waals surface area contributed by atoms with Crippen molar-refractivity contribution in [3.05, 3.63) is 59.2 Å². The largest absolute Gasteiger partial charge is 0.493 e. The van der Waals surface area contributed by atoms with Crippen LogP contribution in [-0.2, 0) is 29.0 Å². The zero-order valence-corrected chi connectivity index (χ0v) is 17.5. The van der Waals surface area contributed by atoms with Gasteiger partial charge in [-0.3, -0.25) is 9.69 Å². The van der Waals surface area contributed by atoms with Gasteiger partial charge in [0.25, 0.3) is 0 Å². The minimum absolute atomic E-state index is 0.137. The average molecular weight is 399 g/mol. The smallest absolute Gasteiger partial charge is 0.237 e. The van der Waals surface area contributed by atoms with Crippen LogP contribution in [0, 0.1) is 0 Å². The van der Waals surface area contributed by atoms with E-state index in [1.807, 2.05) is 35.2 Å². The van der Waals surface area contributed by atoms with Crippen molar-refractivity contribution in [3.8, 4) is 11.5 Å². The molecule has 0 saturated heterocycles. The van der Waals surface area contributed by atoms with E-state index in [1.165, 1.54) is 11.1 Å². The molecular formula is C23H30N2O4. The monoisotopic (exact) mass is 398 g/mol. The van der Waals surface area contributed by atoms with E-state index in [4.69, 9.17) is 14.2 Å². The first kappa shape index (κ1) is 21.1. The van der Waals surface area contributed by atoms with Gasteiger partial charge in [-0.25, -0.2) is 0 Å². The van der Waals surface area contributed by atoms with E-state index in [0.717, 1.165) is 24.3 Å². The van der Waals surface area contributed by atoms with Gasteiger partial charge in [0.2, 0.25) is 5.91 Å². The molecule has 0 radical (unpaired) electrons. The van der Waals surface area contributed by atoms with Gasteiger partial charge in [0.15, 0.2) is 11.5 Å². The highest BCUT2D eigenvalue weighted by atomic mass is 16.5. The summed E-state index contributed by atoms with van der Waals surface area (Å²) in [5.41, 5.74) is 3.53. The maximum atomic E-state index is 13.0. The molecule has 2 aromatic rings. The Balaban J connectivity index is 1.67. The molecule has 0 atom stereocenters. The van der Waals surface area contributed by atoms with Gasteiger partial charge in [-0.1, -0.05) is 30.3 Å². The van der Waals surface area contributed by atoms with Crippen LogP contribution in [0.1, 0.15) is 16.7 Å². The number of hydrogen-bond acceptors (Lipinski definition) is 5. The van der Waals surface area contributed by atoms with E-state index in [9.17, 15) is 4.79 Å². The zero-order valence-electron chi connectivity index (χ0n) is 17.5. The lowest BCUT2D eigenvalue weighted by atomic mass is 9.98. The van der Waals surface area contributed by atoms with E-state index in [0.29, 0.717) is 38.5 Å². The molecule has 6 heteroatoms. The Hall–Kier alpha value is -2.57. The number of methoxy groups -OCH3 is 3. The Labute approximate surface area is 173 Å². The lowest BCUT2D eigenvalue weighted by Crippen LogP contribution is -2.43. The molecule has 29 heavy (non-hydrogen) atoms. The Morgan fingerprint density at radius 1 is 1.03 bits per heavy atom. The molecule has 0 aromatic heterocycles. The number of benzene rings is 2. The minimum Gasteiger partial charge on any atom is -0.493 e. The average Bonchev–Trinajstić information content (AvgIpc) is 2.76. The lowest BCUT2D eigenvalue weighted by Gasteiger charge is -2.32. The molecule has 0 saturated carbocycles. The van der Waals surface area contributed by atoms with E-state index in [1.54, 1.807) is 21.3 Å². The van der Waals surface area contributed by atoms with Gasteiger partial charge < -0.3 is 19.1 Å². The van der Waals surface area contributed by atoms with Crippen molar-refractivity contribution in [1.29, 1.82) is 0 Å². The molecule has 1 amide bonds. The quantitative estimate of drug-likeness (QED) is 0.650. The molecular weight excluding hydrogens is 368 g/mol. The van der Waals surface area contributed by atoms with Gasteiger partial charge in [0.1, 0.15) is 0 Å². The molecule has 0 fully saturated rings. The first-order valence-corrected chi connectivity index (χ1v) is 9.91. The van der Waals surface area contributed by atoms with Crippen LogP contribution in [0.5, 0.6) is 11.5 Å². The van der Waals surface area contributed by atoms with Crippen molar-refractivity contribution in [2.45, 2.75) is 19.5 Å². The molecule has 6 nitrogen and oxygen atoms in total. The number of hydrogen-bond donors (Lipinski definition) is 0. The molecule has 156 valence electrons. The third-order valence-electron chi connectivity index (χ3n) is 5.29. The molecule has 0 spiro atoms. The summed E-state index contributed by atoms with van der Waals surface area (Å²) >= 11 is 0. The second-order valence-corrected chi connectivity index (χ2v) is 7.23. The van der Waals surface area contributed by atoms with Crippen molar-refractivity contribution in [2.24, 2.45) is 0 Å². The Morgan fingerprint density at radius 3 is 2.38 bits per heavy atom. The van der Waals surface area contributed by atoms with E-state index in [-0.39, 0.29) is 5.91 Å². The van der Waals surface area contributed by atoms with Crippen molar-refractivity contribution in [2.75, 3.05) is 47.6 Å². The maximum Gasteiger partial charge on any atom is 0.237 e. The zero-order chi connectivity index (χ0) is 20.6. The Bertz CT molecular complexity index is 810. The third-order valence-corrected chi connectivity index (χ3v) is 5.29. The highest BCUT2D eigenvalue weighted by Crippen LogP contribution is 2.33. The molecule has 0 N–H and O–H groups in total. The fraction of sp³-hybridized carbons (Fsp3) is 0.435. The van der Waals surface area contributed by atoms with Gasteiger partial charge in [-0.2, -0.15) is 0 Å². The first-order chi connectivity index (χ1) is 14.1. The first-order valence-electron chi connectivity index (χ1n) is 9.91. The minimum atomic E-state index is 0.137. The number of rotatable bonds is 9. The second kappa shape index (κ2) is 10.3. The van der Waals surface area contributed by atoms with Crippen LogP contribution < -0.4 is 9.47 Å². The number of carbonyl (C=O) groups is 1. The van der Waals surface area contributed by atoms with Gasteiger partial charge >= 0.3 is 0 Å². The lowest BCUT2D eigenvalue weighted by molar-refractivity contribution is -0.133. The fourth-order valence-corrected chi connectivity index (χ4v) is 3.66. The molecule has 1 aliphatic rings. The predicted molar refractivity (Wildman–Crippen MR) is 112 cm³/mol. The molecule has 1 aliphatic heterocycles. The number of amides is 1. The van der Waals surface area contributed by atoms with Gasteiger partial charge in [0, 0.05) is 33.3 Å². The van der Waals surface area contributed by atoms with Gasteiger partial charge in [0.05, 0.1) is 27.4 Å². The number of carbonyl (C=O) groups excluding carboxylic acids is 1. The highest BCUT2D eigenvalue weighted by molar-refractivity contribution is 5.78. The Morgan fingerprint density at radius 2 is 1.72 bits per heavy atom. The molecule has 1 heterocycles. The summed E-state index contributed by atoms with van der Waals surface area (Å²) in [6, 6.07) is 14.2. The van der Waals surface area contributed by atoms with Crippen molar-refractivity contribution in [3.63, 3.8) is 0 Å². The van der Waals surface area contributed by atoms with Crippen molar-refractivity contribution >= 4 is 5.91 Å². The second-order valence-electron chi connectivity index (χ2n) is 7.23. The van der Waals surface area contributed by atoms with Crippen molar-refractivity contribution < 1.29 is 19.0 Å². The molecule has 0 bridgehead atoms. The summed E-state index contributed by atoms with van der Waals surface area (Å²) in [5.74, 6) is 1.57. The normalized spacial score (nSPS) is 13.3. The van der Waals surface area contributed by atoms with Crippen LogP contribution >= 0.6 is 0 Å². The standard InChI is InChI=1S/C23H30N2O4/c1-27-12-11-24(15-18-7-5-4-6-8-18)17-23(26)25-10-9-19-13-21(28-2)22(29-3)14-20(19)16-25/h4-8,13-14H,9-12,15-17H2,1-3H3. The summed E-state index contributed by atoms with van der Waals surface area (Å²) in [7, 11) is 4.96. The molecule has 0 aliphatic carbocycles. The highest BCUT2D eigenvalue weighted by Gasteiger charge is 2.24. The van der Waals surface area contributed by atoms with Crippen LogP contribution in [0.4, 0.5) is 0 Å². The predicted octanol–water partition coefficient (Wildman–Crippen LogP) is 2.74. The van der Waals surface area contributed by atoms with Crippen LogP contribution in [0.3, 0.4) is 0 Å². The number of fused-ring (bicyclic) bond motifs is 1. The summed E-state index contributed by atoms with van der Waals surface area (Å²) in [4.78, 5) is 17.1. The van der Waals surface area contributed by atoms with E-state index < -0.39 is 0 Å². The third kappa shape index (κ3) is 5.49. The number of ether oxygens (including phenoxy) is 3. The Kier molecular flexibility index (Phi) is 7.49. The van der Waals surface area contributed by atoms with Crippen LogP contribution in [0.2, 0.25) is 0 Å². The van der Waals surface area contributed by atoms with Gasteiger partial charge in [-0.15, -0.1) is 0 Å². The SMILES string of the molecule is COCCN(CC(=O)N1CCc2cc(OC)c(OC)cc2C1)Cc1ccccc1. The van der Waals surface area contributed by atoms with E-state index in [2.05, 4.69) is 17.0 Å². The molecule has 3 rings (SSSR count). The summed E-state index contributed by atoms with van der Waals surface area (Å²) in [5, 5.41) is 0. The van der Waals surface area contributed by atoms with E-state index >= 15 is 0 Å². The fourth-order valence-electron chi connectivity index (χ4n) is 3.66.